The standard InChI is InChI=1S/C29H31F4N5O3/c1-36-17-34-35-26(36)25(30)28(15-41-16-28)19-5-3-6-20(11-19)38-13-23-22(27(38)39)9-18(10-24(23)29(31,32)33)12-37-8-4-7-21(37)14-40-2/h3,5-6,9-11,17,21,25H,4,7-8,12-16H2,1-2H3/t21-,25+/m0/s1. The second-order valence-corrected chi connectivity index (χ2v) is 11.1. The molecule has 3 aliphatic rings. The van der Waals surface area contributed by atoms with Crippen LogP contribution in [0.25, 0.3) is 0 Å². The topological polar surface area (TPSA) is 72.7 Å². The number of hydrogen-bond acceptors (Lipinski definition) is 6. The van der Waals surface area contributed by atoms with Crippen LogP contribution >= 0.6 is 0 Å². The lowest BCUT2D eigenvalue weighted by molar-refractivity contribution is -0.138. The number of carbonyl (C=O) groups is 1. The van der Waals surface area contributed by atoms with Gasteiger partial charge in [-0.25, -0.2) is 4.39 Å². The molecule has 0 unspecified atom stereocenters. The van der Waals surface area contributed by atoms with Crippen molar-refractivity contribution in [1.29, 1.82) is 0 Å². The highest BCUT2D eigenvalue weighted by atomic mass is 19.4. The van der Waals surface area contributed by atoms with Gasteiger partial charge in [-0.2, -0.15) is 13.2 Å². The molecule has 8 nitrogen and oxygen atoms in total. The summed E-state index contributed by atoms with van der Waals surface area (Å²) in [5, 5.41) is 7.70. The van der Waals surface area contributed by atoms with Crippen molar-refractivity contribution in [3.63, 3.8) is 0 Å². The number of aromatic nitrogens is 3. The van der Waals surface area contributed by atoms with Crippen molar-refractivity contribution in [3.05, 3.63) is 76.4 Å². The number of alkyl halides is 4. The molecule has 0 radical (unpaired) electrons. The molecule has 2 aromatic carbocycles. The van der Waals surface area contributed by atoms with E-state index >= 15 is 4.39 Å². The minimum Gasteiger partial charge on any atom is -0.383 e. The first-order chi connectivity index (χ1) is 19.6. The third-order valence-electron chi connectivity index (χ3n) is 8.56. The minimum absolute atomic E-state index is 0.0457. The number of carbonyl (C=O) groups excluding carboxylic acids is 1. The van der Waals surface area contributed by atoms with Gasteiger partial charge >= 0.3 is 6.18 Å². The number of aryl methyl sites for hydroxylation is 1. The Balaban J connectivity index is 1.32. The van der Waals surface area contributed by atoms with Crippen LogP contribution in [0.15, 0.2) is 42.7 Å². The van der Waals surface area contributed by atoms with Crippen LogP contribution in [0.2, 0.25) is 0 Å². The fourth-order valence-electron chi connectivity index (χ4n) is 6.27. The highest BCUT2D eigenvalue weighted by molar-refractivity contribution is 6.10. The first kappa shape index (κ1) is 27.8. The second-order valence-electron chi connectivity index (χ2n) is 11.1. The number of ether oxygens (including phenoxy) is 2. The van der Waals surface area contributed by atoms with Gasteiger partial charge in [0.25, 0.3) is 5.91 Å². The van der Waals surface area contributed by atoms with Crippen LogP contribution in [0.5, 0.6) is 0 Å². The molecule has 2 fully saturated rings. The van der Waals surface area contributed by atoms with Crippen molar-refractivity contribution in [1.82, 2.24) is 19.7 Å². The predicted octanol–water partition coefficient (Wildman–Crippen LogP) is 4.58. The SMILES string of the molecule is COC[C@@H]1CCCN1Cc1cc2c(c(C(F)(F)F)c1)CN(c1cccc(C3([C@H](F)c4nncn4C)COC3)c1)C2=O. The predicted molar refractivity (Wildman–Crippen MR) is 141 cm³/mol. The smallest absolute Gasteiger partial charge is 0.383 e. The van der Waals surface area contributed by atoms with Crippen LogP contribution in [-0.4, -0.2) is 65.1 Å². The molecule has 218 valence electrons. The number of hydrogen-bond donors (Lipinski definition) is 0. The number of fused-ring (bicyclic) bond motifs is 1. The molecule has 0 spiro atoms. The summed E-state index contributed by atoms with van der Waals surface area (Å²) >= 11 is 0. The zero-order valence-electron chi connectivity index (χ0n) is 22.8. The molecule has 1 aromatic heterocycles. The van der Waals surface area contributed by atoms with E-state index in [9.17, 15) is 18.0 Å². The Hall–Kier alpha value is -3.35. The molecule has 4 heterocycles. The number of methoxy groups -OCH3 is 1. The maximum absolute atomic E-state index is 15.9. The summed E-state index contributed by atoms with van der Waals surface area (Å²) in [5.41, 5.74) is -0.426. The quantitative estimate of drug-likeness (QED) is 0.368. The summed E-state index contributed by atoms with van der Waals surface area (Å²) in [5.74, 6) is -0.361. The fourth-order valence-corrected chi connectivity index (χ4v) is 6.27. The monoisotopic (exact) mass is 573 g/mol. The third-order valence-corrected chi connectivity index (χ3v) is 8.56. The highest BCUT2D eigenvalue weighted by Crippen LogP contribution is 2.47. The van der Waals surface area contributed by atoms with Gasteiger partial charge in [0.1, 0.15) is 6.33 Å². The summed E-state index contributed by atoms with van der Waals surface area (Å²) in [6.45, 7) is 1.53. The number of amides is 1. The summed E-state index contributed by atoms with van der Waals surface area (Å²) in [6, 6.07) is 9.64. The van der Waals surface area contributed by atoms with Gasteiger partial charge in [-0.1, -0.05) is 12.1 Å². The van der Waals surface area contributed by atoms with E-state index < -0.39 is 29.2 Å². The lowest BCUT2D eigenvalue weighted by Gasteiger charge is -2.43. The maximum atomic E-state index is 15.9. The normalized spacial score (nSPS) is 21.3. The van der Waals surface area contributed by atoms with E-state index in [2.05, 4.69) is 15.1 Å². The van der Waals surface area contributed by atoms with Crippen molar-refractivity contribution >= 4 is 11.6 Å². The van der Waals surface area contributed by atoms with Crippen LogP contribution in [0, 0.1) is 0 Å². The van der Waals surface area contributed by atoms with E-state index in [1.807, 2.05) is 0 Å². The number of nitrogens with zero attached hydrogens (tertiary/aromatic N) is 5. The molecule has 0 aliphatic carbocycles. The van der Waals surface area contributed by atoms with E-state index in [1.165, 1.54) is 21.9 Å². The van der Waals surface area contributed by atoms with Crippen molar-refractivity contribution in [2.45, 2.75) is 49.7 Å². The number of anilines is 1. The Kier molecular flexibility index (Phi) is 7.11. The molecule has 3 aliphatic heterocycles. The Labute approximate surface area is 234 Å². The van der Waals surface area contributed by atoms with Gasteiger partial charge in [-0.15, -0.1) is 10.2 Å². The van der Waals surface area contributed by atoms with Crippen molar-refractivity contribution < 1.29 is 31.8 Å². The Morgan fingerprint density at radius 2 is 2.02 bits per heavy atom. The molecule has 6 rings (SSSR count). The van der Waals surface area contributed by atoms with Crippen molar-refractivity contribution in [3.8, 4) is 0 Å². The summed E-state index contributed by atoms with van der Waals surface area (Å²) < 4.78 is 70.9. The molecule has 3 aromatic rings. The van der Waals surface area contributed by atoms with Gasteiger partial charge in [-0.05, 0) is 60.3 Å². The minimum atomic E-state index is -4.62. The van der Waals surface area contributed by atoms with Gasteiger partial charge in [0, 0.05) is 38.0 Å². The van der Waals surface area contributed by atoms with Gasteiger partial charge in [0.2, 0.25) is 0 Å². The number of halogens is 4. The molecular weight excluding hydrogens is 542 g/mol. The lowest BCUT2D eigenvalue weighted by atomic mass is 9.74. The van der Waals surface area contributed by atoms with E-state index in [0.717, 1.165) is 19.4 Å². The molecule has 1 amide bonds. The summed E-state index contributed by atoms with van der Waals surface area (Å²) in [6.07, 6.45) is -2.88. The van der Waals surface area contributed by atoms with Gasteiger partial charge in [-0.3, -0.25) is 9.69 Å². The van der Waals surface area contributed by atoms with Gasteiger partial charge in [0.05, 0.1) is 37.3 Å². The van der Waals surface area contributed by atoms with E-state index in [0.29, 0.717) is 30.0 Å². The van der Waals surface area contributed by atoms with Crippen molar-refractivity contribution in [2.75, 3.05) is 38.4 Å². The molecule has 0 bridgehead atoms. The zero-order valence-corrected chi connectivity index (χ0v) is 22.8. The Bertz CT molecular complexity index is 1450. The molecular formula is C29H31F4N5O3. The molecule has 0 saturated carbocycles. The van der Waals surface area contributed by atoms with Crippen LogP contribution in [0.4, 0.5) is 23.2 Å². The fraction of sp³-hybridized carbons (Fsp3) is 0.483. The molecule has 41 heavy (non-hydrogen) atoms. The average molecular weight is 574 g/mol. The van der Waals surface area contributed by atoms with E-state index in [1.54, 1.807) is 44.5 Å². The summed E-state index contributed by atoms with van der Waals surface area (Å²) in [7, 11) is 3.26. The van der Waals surface area contributed by atoms with Gasteiger partial charge in [0.15, 0.2) is 12.0 Å². The van der Waals surface area contributed by atoms with Gasteiger partial charge < -0.3 is 18.9 Å². The molecule has 0 N–H and O–H groups in total. The van der Waals surface area contributed by atoms with Crippen LogP contribution in [-0.2, 0) is 41.2 Å². The van der Waals surface area contributed by atoms with Crippen LogP contribution < -0.4 is 4.90 Å². The zero-order chi connectivity index (χ0) is 28.9. The van der Waals surface area contributed by atoms with Crippen molar-refractivity contribution in [2.24, 2.45) is 7.05 Å². The average Bonchev–Trinajstić information content (AvgIpc) is 3.62. The second kappa shape index (κ2) is 10.5. The number of benzene rings is 2. The molecule has 2 saturated heterocycles. The molecule has 2 atom stereocenters. The number of rotatable bonds is 8. The number of likely N-dealkylation sites (tertiary alicyclic amines) is 1. The Morgan fingerprint density at radius 1 is 1.22 bits per heavy atom. The first-order valence-electron chi connectivity index (χ1n) is 13.6. The third kappa shape index (κ3) is 4.81. The highest BCUT2D eigenvalue weighted by Gasteiger charge is 2.51. The van der Waals surface area contributed by atoms with Crippen LogP contribution in [0.3, 0.4) is 0 Å². The van der Waals surface area contributed by atoms with E-state index in [4.69, 9.17) is 9.47 Å². The lowest BCUT2D eigenvalue weighted by Crippen LogP contribution is -2.50. The Morgan fingerprint density at radius 3 is 2.68 bits per heavy atom. The molecule has 12 heteroatoms. The first-order valence-corrected chi connectivity index (χ1v) is 13.6. The maximum Gasteiger partial charge on any atom is 0.416 e. The van der Waals surface area contributed by atoms with E-state index in [-0.39, 0.29) is 42.8 Å². The summed E-state index contributed by atoms with van der Waals surface area (Å²) in [4.78, 5) is 17.1. The van der Waals surface area contributed by atoms with Crippen LogP contribution in [0.1, 0.15) is 57.4 Å². The largest absolute Gasteiger partial charge is 0.416 e.